The lowest BCUT2D eigenvalue weighted by molar-refractivity contribution is -0.137. The Morgan fingerprint density at radius 2 is 1.87 bits per heavy atom. The number of hydrogen-bond acceptors (Lipinski definition) is 6. The highest BCUT2D eigenvalue weighted by Gasteiger charge is 2.33. The minimum atomic E-state index is -4.60. The van der Waals surface area contributed by atoms with Crippen molar-refractivity contribution in [3.8, 4) is 11.4 Å². The van der Waals surface area contributed by atoms with Crippen LogP contribution < -0.4 is 15.6 Å². The first-order chi connectivity index (χ1) is 18.3. The molecule has 0 radical (unpaired) electrons. The summed E-state index contributed by atoms with van der Waals surface area (Å²) in [6.45, 7) is 2.38. The van der Waals surface area contributed by atoms with Gasteiger partial charge in [0.15, 0.2) is 5.16 Å². The Kier molecular flexibility index (Phi) is 7.49. The van der Waals surface area contributed by atoms with E-state index in [9.17, 15) is 22.8 Å². The van der Waals surface area contributed by atoms with Gasteiger partial charge in [0.2, 0.25) is 5.91 Å². The zero-order chi connectivity index (χ0) is 26.9. The van der Waals surface area contributed by atoms with Gasteiger partial charge in [0, 0.05) is 4.88 Å². The van der Waals surface area contributed by atoms with Crippen LogP contribution in [0.25, 0.3) is 15.9 Å². The van der Waals surface area contributed by atoms with Crippen LogP contribution in [0.2, 0.25) is 0 Å². The Morgan fingerprint density at radius 3 is 2.61 bits per heavy atom. The van der Waals surface area contributed by atoms with Crippen LogP contribution >= 0.6 is 23.1 Å². The molecule has 0 saturated carbocycles. The zero-order valence-corrected chi connectivity index (χ0v) is 22.1. The molecule has 38 heavy (non-hydrogen) atoms. The summed E-state index contributed by atoms with van der Waals surface area (Å²) in [6, 6.07) is 11.8. The fraction of sp³-hybridized carbons (Fsp3) is 0.296. The number of nitrogens with zero attached hydrogens (tertiary/aromatic N) is 2. The molecule has 0 saturated heterocycles. The van der Waals surface area contributed by atoms with Gasteiger partial charge in [0.25, 0.3) is 5.56 Å². The van der Waals surface area contributed by atoms with E-state index in [-0.39, 0.29) is 17.0 Å². The van der Waals surface area contributed by atoms with E-state index < -0.39 is 17.6 Å². The largest absolute Gasteiger partial charge is 0.494 e. The predicted octanol–water partition coefficient (Wildman–Crippen LogP) is 6.47. The number of thiophene rings is 1. The van der Waals surface area contributed by atoms with Gasteiger partial charge < -0.3 is 10.1 Å². The standard InChI is InChI=1S/C27H24F3N3O3S2/c1-2-36-17-13-11-16(12-14-17)33-25(35)23-18-7-3-6-10-21(18)38-24(23)32-26(33)37-15-22(34)31-20-9-5-4-8-19(20)27(28,29)30/h4-5,8-9,11-14H,2-3,6-7,10,15H2,1H3,(H,31,34). The van der Waals surface area contributed by atoms with E-state index in [2.05, 4.69) is 5.32 Å². The van der Waals surface area contributed by atoms with Crippen molar-refractivity contribution in [2.75, 3.05) is 17.7 Å². The van der Waals surface area contributed by atoms with Gasteiger partial charge in [0.05, 0.1) is 34.7 Å². The molecule has 1 aliphatic rings. The maximum Gasteiger partial charge on any atom is 0.418 e. The van der Waals surface area contributed by atoms with Crippen LogP contribution in [0.4, 0.5) is 18.9 Å². The van der Waals surface area contributed by atoms with Crippen LogP contribution in [-0.4, -0.2) is 27.8 Å². The van der Waals surface area contributed by atoms with Crippen LogP contribution in [0.3, 0.4) is 0 Å². The molecule has 0 fully saturated rings. The first kappa shape index (κ1) is 26.3. The highest BCUT2D eigenvalue weighted by Crippen LogP contribution is 2.36. The Labute approximate surface area is 224 Å². The molecule has 4 aromatic rings. The number of fused-ring (bicyclic) bond motifs is 3. The minimum Gasteiger partial charge on any atom is -0.494 e. The van der Waals surface area contributed by atoms with Gasteiger partial charge in [-0.1, -0.05) is 23.9 Å². The molecule has 5 rings (SSSR count). The number of carbonyl (C=O) groups is 1. The summed E-state index contributed by atoms with van der Waals surface area (Å²) < 4.78 is 47.0. The van der Waals surface area contributed by atoms with Gasteiger partial charge in [-0.05, 0) is 74.6 Å². The lowest BCUT2D eigenvalue weighted by Gasteiger charge is -2.15. The smallest absolute Gasteiger partial charge is 0.418 e. The van der Waals surface area contributed by atoms with Crippen molar-refractivity contribution in [2.24, 2.45) is 0 Å². The molecule has 1 amide bonds. The molecule has 0 bridgehead atoms. The van der Waals surface area contributed by atoms with Crippen molar-refractivity contribution in [3.63, 3.8) is 0 Å². The Bertz CT molecular complexity index is 1550. The number of anilines is 1. The first-order valence-electron chi connectivity index (χ1n) is 12.2. The van der Waals surface area contributed by atoms with Crippen LogP contribution in [0.1, 0.15) is 35.8 Å². The second-order valence-corrected chi connectivity index (χ2v) is 10.8. The van der Waals surface area contributed by atoms with E-state index in [0.717, 1.165) is 54.0 Å². The second kappa shape index (κ2) is 10.8. The van der Waals surface area contributed by atoms with Gasteiger partial charge in [-0.3, -0.25) is 14.2 Å². The van der Waals surface area contributed by atoms with Crippen molar-refractivity contribution in [1.29, 1.82) is 0 Å². The monoisotopic (exact) mass is 559 g/mol. The maximum atomic E-state index is 13.8. The van der Waals surface area contributed by atoms with Crippen molar-refractivity contribution in [3.05, 3.63) is 74.9 Å². The zero-order valence-electron chi connectivity index (χ0n) is 20.4. The summed E-state index contributed by atoms with van der Waals surface area (Å²) >= 11 is 2.51. The fourth-order valence-electron chi connectivity index (χ4n) is 4.52. The molecule has 6 nitrogen and oxygen atoms in total. The van der Waals surface area contributed by atoms with Gasteiger partial charge in [-0.15, -0.1) is 11.3 Å². The lowest BCUT2D eigenvalue weighted by Crippen LogP contribution is -2.23. The van der Waals surface area contributed by atoms with Crippen LogP contribution in [0.5, 0.6) is 5.75 Å². The summed E-state index contributed by atoms with van der Waals surface area (Å²) in [5, 5.41) is 3.25. The molecule has 0 atom stereocenters. The Balaban J connectivity index is 1.50. The molecule has 1 aliphatic carbocycles. The van der Waals surface area contributed by atoms with Crippen LogP contribution in [-0.2, 0) is 23.8 Å². The van der Waals surface area contributed by atoms with Gasteiger partial charge in [0.1, 0.15) is 10.6 Å². The topological polar surface area (TPSA) is 73.2 Å². The minimum absolute atomic E-state index is 0.219. The molecule has 0 aliphatic heterocycles. The normalized spacial score (nSPS) is 13.4. The molecule has 11 heteroatoms. The Hall–Kier alpha value is -3.31. The van der Waals surface area contributed by atoms with Crippen molar-refractivity contribution in [2.45, 2.75) is 43.9 Å². The highest BCUT2D eigenvalue weighted by atomic mass is 32.2. The summed E-state index contributed by atoms with van der Waals surface area (Å²) in [7, 11) is 0. The molecular weight excluding hydrogens is 535 g/mol. The molecule has 0 spiro atoms. The van der Waals surface area contributed by atoms with Crippen molar-refractivity contribution in [1.82, 2.24) is 9.55 Å². The quantitative estimate of drug-likeness (QED) is 0.207. The van der Waals surface area contributed by atoms with Gasteiger partial charge in [-0.2, -0.15) is 13.2 Å². The highest BCUT2D eigenvalue weighted by molar-refractivity contribution is 7.99. The average Bonchev–Trinajstić information content (AvgIpc) is 3.27. The number of nitrogens with one attached hydrogen (secondary N) is 1. The summed E-state index contributed by atoms with van der Waals surface area (Å²) in [5.74, 6) is -0.209. The third kappa shape index (κ3) is 5.30. The molecule has 2 heterocycles. The predicted molar refractivity (Wildman–Crippen MR) is 144 cm³/mol. The summed E-state index contributed by atoms with van der Waals surface area (Å²) in [4.78, 5) is 33.1. The molecule has 0 unspecified atom stereocenters. The number of hydrogen-bond donors (Lipinski definition) is 1. The number of rotatable bonds is 7. The molecular formula is C27H24F3N3O3S2. The van der Waals surface area contributed by atoms with E-state index >= 15 is 0 Å². The van der Waals surface area contributed by atoms with E-state index in [4.69, 9.17) is 9.72 Å². The molecule has 2 aromatic carbocycles. The summed E-state index contributed by atoms with van der Waals surface area (Å²) in [5.41, 5.74) is 0.154. The van der Waals surface area contributed by atoms with E-state index in [0.29, 0.717) is 33.4 Å². The third-order valence-electron chi connectivity index (χ3n) is 6.20. The molecule has 1 N–H and O–H groups in total. The third-order valence-corrected chi connectivity index (χ3v) is 8.33. The number of aromatic nitrogens is 2. The molecule has 198 valence electrons. The first-order valence-corrected chi connectivity index (χ1v) is 14.0. The van der Waals surface area contributed by atoms with Crippen LogP contribution in [0.15, 0.2) is 58.5 Å². The molecule has 2 aromatic heterocycles. The SMILES string of the molecule is CCOc1ccc(-n2c(SCC(=O)Nc3ccccc3C(F)(F)F)nc3sc4c(c3c2=O)CCCC4)cc1. The maximum absolute atomic E-state index is 13.8. The van der Waals surface area contributed by atoms with E-state index in [1.807, 2.05) is 6.92 Å². The van der Waals surface area contributed by atoms with E-state index in [1.54, 1.807) is 24.3 Å². The van der Waals surface area contributed by atoms with Gasteiger partial charge in [-0.25, -0.2) is 4.98 Å². The number of alkyl halides is 3. The number of amides is 1. The number of aryl methyl sites for hydroxylation is 2. The lowest BCUT2D eigenvalue weighted by atomic mass is 9.97. The number of para-hydroxylation sites is 1. The number of ether oxygens (including phenoxy) is 1. The van der Waals surface area contributed by atoms with Gasteiger partial charge >= 0.3 is 6.18 Å². The number of carbonyl (C=O) groups excluding carboxylic acids is 1. The van der Waals surface area contributed by atoms with Crippen molar-refractivity contribution < 1.29 is 22.7 Å². The second-order valence-electron chi connectivity index (χ2n) is 8.73. The van der Waals surface area contributed by atoms with Crippen molar-refractivity contribution >= 4 is 44.9 Å². The number of thioether (sulfide) groups is 1. The average molecular weight is 560 g/mol. The number of benzene rings is 2. The number of halogens is 3. The Morgan fingerprint density at radius 1 is 1.13 bits per heavy atom. The fourth-order valence-corrected chi connectivity index (χ4v) is 6.64. The van der Waals surface area contributed by atoms with E-state index in [1.165, 1.54) is 34.1 Å². The summed E-state index contributed by atoms with van der Waals surface area (Å²) in [6.07, 6.45) is -0.799. The van der Waals surface area contributed by atoms with Crippen LogP contribution in [0, 0.1) is 0 Å².